The van der Waals surface area contributed by atoms with Gasteiger partial charge in [-0.15, -0.1) is 0 Å². The van der Waals surface area contributed by atoms with Gasteiger partial charge in [0.05, 0.1) is 54.0 Å². The molecule has 2 aromatic rings. The average molecular weight is 438 g/mol. The normalized spacial score (nSPS) is 11.3. The third-order valence-electron chi connectivity index (χ3n) is 4.34. The van der Waals surface area contributed by atoms with E-state index in [2.05, 4.69) is 0 Å². The summed E-state index contributed by atoms with van der Waals surface area (Å²) in [5, 5.41) is 1.11. The first-order valence-electron chi connectivity index (χ1n) is 8.82. The van der Waals surface area contributed by atoms with Crippen LogP contribution in [0.3, 0.4) is 0 Å². The van der Waals surface area contributed by atoms with E-state index in [1.807, 2.05) is 0 Å². The maximum absolute atomic E-state index is 12.8. The van der Waals surface area contributed by atoms with E-state index in [0.717, 1.165) is 5.41 Å². The zero-order valence-corrected chi connectivity index (χ0v) is 18.7. The summed E-state index contributed by atoms with van der Waals surface area (Å²) in [7, 11) is 5.20. The summed E-state index contributed by atoms with van der Waals surface area (Å²) in [4.78, 5) is 0. The second-order valence-corrected chi connectivity index (χ2v) is 7.94. The molecule has 0 amide bonds. The molecule has 164 valence electrons. The maximum atomic E-state index is 12.8. The number of benzene rings is 2. The van der Waals surface area contributed by atoms with Gasteiger partial charge in [-0.1, -0.05) is 6.07 Å². The average Bonchev–Trinajstić information content (AvgIpc) is 2.76. The van der Waals surface area contributed by atoms with E-state index in [-0.39, 0.29) is 5.75 Å². The van der Waals surface area contributed by atoms with E-state index in [1.165, 1.54) is 48.7 Å². The van der Waals surface area contributed by atoms with E-state index in [4.69, 9.17) is 28.4 Å². The Labute approximate surface area is 176 Å². The van der Waals surface area contributed by atoms with E-state index in [1.54, 1.807) is 24.3 Å². The van der Waals surface area contributed by atoms with Crippen molar-refractivity contribution in [2.24, 2.45) is 0 Å². The van der Waals surface area contributed by atoms with Gasteiger partial charge >= 0.3 is 0 Å². The van der Waals surface area contributed by atoms with E-state index >= 15 is 0 Å². The fraction of sp³-hybridized carbons (Fsp3) is 0.333. The number of rotatable bonds is 10. The fourth-order valence-electron chi connectivity index (χ4n) is 2.91. The Balaban J connectivity index is 2.42. The van der Waals surface area contributed by atoms with Crippen molar-refractivity contribution in [3.63, 3.8) is 0 Å². The van der Waals surface area contributed by atoms with E-state index in [9.17, 15) is 8.42 Å². The molecule has 0 aliphatic carbocycles. The van der Waals surface area contributed by atoms with Gasteiger partial charge in [-0.3, -0.25) is 0 Å². The van der Waals surface area contributed by atoms with Crippen LogP contribution in [0.5, 0.6) is 34.5 Å². The van der Waals surface area contributed by atoms with Crippen molar-refractivity contribution in [1.29, 1.82) is 0 Å². The monoisotopic (exact) mass is 438 g/mol. The van der Waals surface area contributed by atoms with Crippen molar-refractivity contribution >= 4 is 15.9 Å². The first kappa shape index (κ1) is 23.2. The summed E-state index contributed by atoms with van der Waals surface area (Å²) in [6, 6.07) is 6.55. The molecule has 0 N–H and O–H groups in total. The van der Waals surface area contributed by atoms with Gasteiger partial charge in [0, 0.05) is 23.1 Å². The Morgan fingerprint density at radius 1 is 0.733 bits per heavy atom. The van der Waals surface area contributed by atoms with E-state index < -0.39 is 9.84 Å². The molecule has 0 saturated carbocycles. The van der Waals surface area contributed by atoms with Crippen molar-refractivity contribution in [3.05, 3.63) is 40.8 Å². The molecule has 0 unspecified atom stereocenters. The summed E-state index contributed by atoms with van der Waals surface area (Å²) in [6.45, 7) is 0. The first-order valence-corrected chi connectivity index (χ1v) is 10.5. The molecular formula is C21H26O8S. The second-order valence-electron chi connectivity index (χ2n) is 6.05. The van der Waals surface area contributed by atoms with Crippen LogP contribution in [0.25, 0.3) is 6.08 Å². The molecule has 0 aliphatic heterocycles. The minimum Gasteiger partial charge on any atom is -0.496 e. The zero-order chi connectivity index (χ0) is 22.3. The topological polar surface area (TPSA) is 89.5 Å². The zero-order valence-electron chi connectivity index (χ0n) is 17.8. The van der Waals surface area contributed by atoms with Crippen molar-refractivity contribution < 1.29 is 36.8 Å². The van der Waals surface area contributed by atoms with Crippen molar-refractivity contribution in [2.75, 3.05) is 42.7 Å². The molecule has 0 bridgehead atoms. The lowest BCUT2D eigenvalue weighted by Gasteiger charge is -2.15. The summed E-state index contributed by atoms with van der Waals surface area (Å²) in [6.07, 6.45) is 1.43. The second kappa shape index (κ2) is 10.1. The third kappa shape index (κ3) is 5.10. The van der Waals surface area contributed by atoms with Gasteiger partial charge < -0.3 is 28.4 Å². The number of sulfone groups is 1. The van der Waals surface area contributed by atoms with Crippen LogP contribution < -0.4 is 28.4 Å². The standard InChI is InChI=1S/C21H26O8S/c1-24-15-11-18(26-3)16(19(12-15)27-4)9-10-30(22,23)13-14-7-8-17(25-2)21(29-6)20(14)28-5/h7-12H,13H2,1-6H3/b10-9+. The molecule has 2 rings (SSSR count). The minimum absolute atomic E-state index is 0.298. The molecule has 0 spiro atoms. The first-order chi connectivity index (χ1) is 14.3. The highest BCUT2D eigenvalue weighted by Crippen LogP contribution is 2.41. The molecule has 0 heterocycles. The summed E-state index contributed by atoms with van der Waals surface area (Å²) in [5.41, 5.74) is 0.914. The summed E-state index contributed by atoms with van der Waals surface area (Å²) < 4.78 is 57.4. The van der Waals surface area contributed by atoms with Crippen LogP contribution in [0.15, 0.2) is 29.7 Å². The minimum atomic E-state index is -3.67. The van der Waals surface area contributed by atoms with Crippen LogP contribution >= 0.6 is 0 Å². The predicted molar refractivity (Wildman–Crippen MR) is 114 cm³/mol. The number of hydrogen-bond acceptors (Lipinski definition) is 8. The molecule has 30 heavy (non-hydrogen) atoms. The molecule has 0 fully saturated rings. The Bertz CT molecular complexity index is 987. The van der Waals surface area contributed by atoms with Gasteiger partial charge in [-0.25, -0.2) is 8.42 Å². The lowest BCUT2D eigenvalue weighted by Crippen LogP contribution is -2.04. The lowest BCUT2D eigenvalue weighted by atomic mass is 10.1. The Morgan fingerprint density at radius 2 is 1.30 bits per heavy atom. The highest BCUT2D eigenvalue weighted by Gasteiger charge is 2.20. The van der Waals surface area contributed by atoms with Crippen molar-refractivity contribution in [1.82, 2.24) is 0 Å². The Kier molecular flexibility index (Phi) is 7.82. The van der Waals surface area contributed by atoms with Gasteiger partial charge in [-0.2, -0.15) is 0 Å². The Morgan fingerprint density at radius 3 is 1.77 bits per heavy atom. The molecule has 0 radical (unpaired) electrons. The van der Waals surface area contributed by atoms with Crippen LogP contribution in [-0.2, 0) is 15.6 Å². The smallest absolute Gasteiger partial charge is 0.203 e. The Hall–Kier alpha value is -3.07. The van der Waals surface area contributed by atoms with Crippen molar-refractivity contribution in [3.8, 4) is 34.5 Å². The van der Waals surface area contributed by atoms with Crippen molar-refractivity contribution in [2.45, 2.75) is 5.75 Å². The molecule has 0 aromatic heterocycles. The number of ether oxygens (including phenoxy) is 6. The number of methoxy groups -OCH3 is 6. The molecule has 0 atom stereocenters. The molecule has 0 aliphatic rings. The van der Waals surface area contributed by atoms with Crippen LogP contribution in [0.4, 0.5) is 0 Å². The summed E-state index contributed by atoms with van der Waals surface area (Å²) in [5.74, 6) is 2.14. The van der Waals surface area contributed by atoms with Crippen LogP contribution in [-0.4, -0.2) is 51.1 Å². The highest BCUT2D eigenvalue weighted by molar-refractivity contribution is 7.93. The molecule has 2 aromatic carbocycles. The quantitative estimate of drug-likeness (QED) is 0.558. The molecular weight excluding hydrogens is 412 g/mol. The molecule has 0 saturated heterocycles. The van der Waals surface area contributed by atoms with Gasteiger partial charge in [0.2, 0.25) is 5.75 Å². The maximum Gasteiger partial charge on any atom is 0.203 e. The van der Waals surface area contributed by atoms with Crippen LogP contribution in [0.2, 0.25) is 0 Å². The molecule has 8 nitrogen and oxygen atoms in total. The van der Waals surface area contributed by atoms with Gasteiger partial charge in [0.1, 0.15) is 17.2 Å². The number of hydrogen-bond donors (Lipinski definition) is 0. The highest BCUT2D eigenvalue weighted by atomic mass is 32.2. The summed E-state index contributed by atoms with van der Waals surface area (Å²) >= 11 is 0. The van der Waals surface area contributed by atoms with E-state index in [0.29, 0.717) is 45.6 Å². The fourth-order valence-corrected chi connectivity index (χ4v) is 4.01. The SMILES string of the molecule is COc1cc(OC)c(/C=C/S(=O)(=O)Cc2ccc(OC)c(OC)c2OC)c(OC)c1. The largest absolute Gasteiger partial charge is 0.496 e. The van der Waals surface area contributed by atoms with Crippen LogP contribution in [0, 0.1) is 0 Å². The van der Waals surface area contributed by atoms with Crippen LogP contribution in [0.1, 0.15) is 11.1 Å². The third-order valence-corrected chi connectivity index (χ3v) is 5.60. The van der Waals surface area contributed by atoms with Gasteiger partial charge in [0.25, 0.3) is 0 Å². The molecule has 9 heteroatoms. The predicted octanol–water partition coefficient (Wildman–Crippen LogP) is 3.32. The van der Waals surface area contributed by atoms with Gasteiger partial charge in [-0.05, 0) is 12.1 Å². The van der Waals surface area contributed by atoms with Gasteiger partial charge in [0.15, 0.2) is 21.3 Å². The lowest BCUT2D eigenvalue weighted by molar-refractivity contribution is 0.323.